The molecule has 0 bridgehead atoms. The number of rotatable bonds is 8. The molecule has 0 unspecified atom stereocenters. The number of hydrogen-bond donors (Lipinski definition) is 1. The Morgan fingerprint density at radius 3 is 2.91 bits per heavy atom. The summed E-state index contributed by atoms with van der Waals surface area (Å²) in [5.74, 6) is 1.25. The molecule has 4 rings (SSSR count). The Bertz CT molecular complexity index is 1070. The molecule has 0 spiro atoms. The van der Waals surface area contributed by atoms with E-state index in [0.29, 0.717) is 23.7 Å². The molecular weight excluding hydrogens is 410 g/mol. The third-order valence-corrected chi connectivity index (χ3v) is 5.29. The van der Waals surface area contributed by atoms with E-state index in [2.05, 4.69) is 26.4 Å². The van der Waals surface area contributed by atoms with Crippen LogP contribution in [0.3, 0.4) is 0 Å². The predicted molar refractivity (Wildman–Crippen MR) is 119 cm³/mol. The van der Waals surface area contributed by atoms with Gasteiger partial charge < -0.3 is 19.2 Å². The van der Waals surface area contributed by atoms with Gasteiger partial charge in [0, 0.05) is 38.5 Å². The van der Waals surface area contributed by atoms with Gasteiger partial charge in [0.25, 0.3) is 5.91 Å². The quantitative estimate of drug-likeness (QED) is 0.545. The van der Waals surface area contributed by atoms with E-state index in [1.54, 1.807) is 45.0 Å². The number of methoxy groups -OCH3 is 1. The number of carbonyl (C=O) groups excluding carboxylic acids is 1. The highest BCUT2D eigenvalue weighted by Gasteiger charge is 2.17. The molecule has 1 fully saturated rings. The van der Waals surface area contributed by atoms with Gasteiger partial charge in [-0.15, -0.1) is 0 Å². The summed E-state index contributed by atoms with van der Waals surface area (Å²) < 4.78 is 17.8. The van der Waals surface area contributed by atoms with Crippen molar-refractivity contribution in [1.29, 1.82) is 0 Å². The van der Waals surface area contributed by atoms with Crippen LogP contribution in [0.5, 0.6) is 5.75 Å². The molecule has 1 aromatic carbocycles. The lowest BCUT2D eigenvalue weighted by molar-refractivity contribution is 0.0339. The number of amides is 1. The zero-order valence-electron chi connectivity index (χ0n) is 18.3. The van der Waals surface area contributed by atoms with Crippen molar-refractivity contribution >= 4 is 17.8 Å². The van der Waals surface area contributed by atoms with Crippen molar-refractivity contribution in [2.45, 2.75) is 13.1 Å². The SMILES string of the molecule is COc1ccc(C=Nc2cnn(C)c2C(=O)NCc2ccco2)cc1CN1CCOCC1. The van der Waals surface area contributed by atoms with Gasteiger partial charge >= 0.3 is 0 Å². The second-order valence-corrected chi connectivity index (χ2v) is 7.48. The third-order valence-electron chi connectivity index (χ3n) is 5.29. The van der Waals surface area contributed by atoms with Crippen LogP contribution in [0.25, 0.3) is 0 Å². The Balaban J connectivity index is 1.49. The molecule has 0 radical (unpaired) electrons. The molecule has 3 heterocycles. The molecule has 9 heteroatoms. The highest BCUT2D eigenvalue weighted by Crippen LogP contribution is 2.23. The maximum Gasteiger partial charge on any atom is 0.272 e. The number of benzene rings is 1. The lowest BCUT2D eigenvalue weighted by Crippen LogP contribution is -2.35. The van der Waals surface area contributed by atoms with E-state index >= 15 is 0 Å². The normalized spacial score (nSPS) is 14.7. The number of hydrogen-bond acceptors (Lipinski definition) is 7. The van der Waals surface area contributed by atoms with E-state index in [4.69, 9.17) is 13.9 Å². The number of furan rings is 1. The van der Waals surface area contributed by atoms with Crippen molar-refractivity contribution in [1.82, 2.24) is 20.0 Å². The molecule has 1 amide bonds. The summed E-state index contributed by atoms with van der Waals surface area (Å²) in [6.45, 7) is 4.36. The molecule has 1 saturated heterocycles. The average molecular weight is 438 g/mol. The molecule has 1 aliphatic heterocycles. The second-order valence-electron chi connectivity index (χ2n) is 7.48. The summed E-state index contributed by atoms with van der Waals surface area (Å²) in [5.41, 5.74) is 2.88. The zero-order chi connectivity index (χ0) is 22.3. The Morgan fingerprint density at radius 2 is 2.16 bits per heavy atom. The Morgan fingerprint density at radius 1 is 1.31 bits per heavy atom. The Kier molecular flexibility index (Phi) is 6.98. The molecule has 9 nitrogen and oxygen atoms in total. The number of aliphatic imine (C=N–C) groups is 1. The summed E-state index contributed by atoms with van der Waals surface area (Å²) in [6, 6.07) is 9.53. The van der Waals surface area contributed by atoms with E-state index in [9.17, 15) is 4.79 Å². The fraction of sp³-hybridized carbons (Fsp3) is 0.348. The molecular formula is C23H27N5O4. The number of aromatic nitrogens is 2. The van der Waals surface area contributed by atoms with Crippen LogP contribution in [-0.2, 0) is 24.9 Å². The average Bonchev–Trinajstić information content (AvgIpc) is 3.46. The molecule has 0 saturated carbocycles. The fourth-order valence-corrected chi connectivity index (χ4v) is 3.59. The third kappa shape index (κ3) is 5.24. The van der Waals surface area contributed by atoms with Crippen LogP contribution in [0.1, 0.15) is 27.4 Å². The first-order valence-electron chi connectivity index (χ1n) is 10.5. The first-order chi connectivity index (χ1) is 15.6. The van der Waals surface area contributed by atoms with Crippen molar-refractivity contribution in [2.75, 3.05) is 33.4 Å². The standard InChI is InChI=1S/C23H27N5O4/c1-27-22(23(29)25-14-19-4-3-9-32-19)20(15-26-27)24-13-17-5-6-21(30-2)18(12-17)16-28-7-10-31-11-8-28/h3-6,9,12-13,15H,7-8,10-11,14,16H2,1-2H3,(H,25,29). The first-order valence-corrected chi connectivity index (χ1v) is 10.5. The van der Waals surface area contributed by atoms with Crippen molar-refractivity contribution in [3.05, 3.63) is 65.4 Å². The first kappa shape index (κ1) is 21.8. The monoisotopic (exact) mass is 437 g/mol. The van der Waals surface area contributed by atoms with Gasteiger partial charge in [0.1, 0.15) is 17.2 Å². The topological polar surface area (TPSA) is 94.1 Å². The number of nitrogens with zero attached hydrogens (tertiary/aromatic N) is 4. The van der Waals surface area contributed by atoms with Gasteiger partial charge in [0.15, 0.2) is 5.69 Å². The summed E-state index contributed by atoms with van der Waals surface area (Å²) >= 11 is 0. The maximum absolute atomic E-state index is 12.7. The lowest BCUT2D eigenvalue weighted by atomic mass is 10.1. The van der Waals surface area contributed by atoms with Crippen molar-refractivity contribution < 1.29 is 18.7 Å². The fourth-order valence-electron chi connectivity index (χ4n) is 3.59. The largest absolute Gasteiger partial charge is 0.496 e. The number of carbonyl (C=O) groups is 1. The molecule has 1 aliphatic rings. The summed E-state index contributed by atoms with van der Waals surface area (Å²) in [7, 11) is 3.39. The zero-order valence-corrected chi connectivity index (χ0v) is 18.3. The van der Waals surface area contributed by atoms with Crippen LogP contribution in [-0.4, -0.2) is 60.2 Å². The van der Waals surface area contributed by atoms with Crippen LogP contribution in [0.2, 0.25) is 0 Å². The van der Waals surface area contributed by atoms with Crippen molar-refractivity contribution in [2.24, 2.45) is 12.0 Å². The smallest absolute Gasteiger partial charge is 0.272 e. The van der Waals surface area contributed by atoms with Gasteiger partial charge in [-0.25, -0.2) is 0 Å². The van der Waals surface area contributed by atoms with E-state index in [1.165, 1.54) is 4.68 Å². The van der Waals surface area contributed by atoms with Crippen LogP contribution in [0.15, 0.2) is 52.2 Å². The van der Waals surface area contributed by atoms with Gasteiger partial charge in [0.05, 0.1) is 39.3 Å². The number of morpholine rings is 1. The van der Waals surface area contributed by atoms with Crippen LogP contribution in [0.4, 0.5) is 5.69 Å². The number of aryl methyl sites for hydroxylation is 1. The molecule has 0 atom stereocenters. The number of ether oxygens (including phenoxy) is 2. The van der Waals surface area contributed by atoms with Crippen LogP contribution < -0.4 is 10.1 Å². The minimum atomic E-state index is -0.267. The molecule has 2 aromatic heterocycles. The van der Waals surface area contributed by atoms with E-state index < -0.39 is 0 Å². The Hall–Kier alpha value is -3.43. The summed E-state index contributed by atoms with van der Waals surface area (Å²) in [6.07, 6.45) is 4.89. The minimum absolute atomic E-state index is 0.267. The lowest BCUT2D eigenvalue weighted by Gasteiger charge is -2.27. The summed E-state index contributed by atoms with van der Waals surface area (Å²) in [5, 5.41) is 7.03. The highest BCUT2D eigenvalue weighted by atomic mass is 16.5. The highest BCUT2D eigenvalue weighted by molar-refractivity contribution is 5.98. The van der Waals surface area contributed by atoms with Gasteiger partial charge in [-0.2, -0.15) is 5.10 Å². The maximum atomic E-state index is 12.7. The molecule has 3 aromatic rings. The summed E-state index contributed by atoms with van der Waals surface area (Å²) in [4.78, 5) is 19.6. The van der Waals surface area contributed by atoms with E-state index in [-0.39, 0.29) is 5.91 Å². The van der Waals surface area contributed by atoms with Crippen LogP contribution in [0, 0.1) is 0 Å². The Labute approximate surface area is 186 Å². The number of nitrogens with one attached hydrogen (secondary N) is 1. The van der Waals surface area contributed by atoms with Crippen LogP contribution >= 0.6 is 0 Å². The van der Waals surface area contributed by atoms with E-state index in [1.807, 2.05) is 12.1 Å². The van der Waals surface area contributed by atoms with Gasteiger partial charge in [-0.05, 0) is 35.9 Å². The van der Waals surface area contributed by atoms with Gasteiger partial charge in [-0.1, -0.05) is 0 Å². The molecule has 168 valence electrons. The minimum Gasteiger partial charge on any atom is -0.496 e. The van der Waals surface area contributed by atoms with Crippen molar-refractivity contribution in [3.8, 4) is 5.75 Å². The van der Waals surface area contributed by atoms with Crippen molar-refractivity contribution in [3.63, 3.8) is 0 Å². The second kappa shape index (κ2) is 10.3. The molecule has 0 aliphatic carbocycles. The molecule has 1 N–H and O–H groups in total. The predicted octanol–water partition coefficient (Wildman–Crippen LogP) is 2.53. The van der Waals surface area contributed by atoms with Gasteiger partial charge in [0.2, 0.25) is 0 Å². The molecule has 32 heavy (non-hydrogen) atoms. The van der Waals surface area contributed by atoms with E-state index in [0.717, 1.165) is 49.7 Å². The van der Waals surface area contributed by atoms with Gasteiger partial charge in [-0.3, -0.25) is 19.4 Å².